The van der Waals surface area contributed by atoms with Crippen LogP contribution in [0.15, 0.2) is 12.5 Å². The first-order valence-corrected chi connectivity index (χ1v) is 6.35. The molecule has 2 N–H and O–H groups in total. The number of aromatic nitrogens is 2. The molecule has 3 aliphatic rings. The zero-order valence-electron chi connectivity index (χ0n) is 9.65. The van der Waals surface area contributed by atoms with Gasteiger partial charge in [0.15, 0.2) is 0 Å². The SMILES string of the molecule is c1ncc(CCNC2CN3CCC2CC3)[nH]1. The van der Waals surface area contributed by atoms with Gasteiger partial charge in [-0.2, -0.15) is 0 Å². The van der Waals surface area contributed by atoms with E-state index in [1.165, 1.54) is 38.2 Å². The number of piperidine rings is 3. The van der Waals surface area contributed by atoms with Gasteiger partial charge in [0.1, 0.15) is 0 Å². The Labute approximate surface area is 96.4 Å². The topological polar surface area (TPSA) is 44.0 Å². The second-order valence-electron chi connectivity index (χ2n) is 5.03. The Kier molecular flexibility index (Phi) is 2.93. The highest BCUT2D eigenvalue weighted by molar-refractivity contribution is 4.96. The number of H-pyrrole nitrogens is 1. The predicted octanol–water partition coefficient (Wildman–Crippen LogP) is 0.636. The minimum Gasteiger partial charge on any atom is -0.348 e. The summed E-state index contributed by atoms with van der Waals surface area (Å²) in [6.07, 6.45) is 7.51. The van der Waals surface area contributed by atoms with Gasteiger partial charge in [-0.1, -0.05) is 0 Å². The van der Waals surface area contributed by atoms with Crippen molar-refractivity contribution in [3.05, 3.63) is 18.2 Å². The lowest BCUT2D eigenvalue weighted by Gasteiger charge is -2.45. The van der Waals surface area contributed by atoms with Crippen molar-refractivity contribution in [3.63, 3.8) is 0 Å². The van der Waals surface area contributed by atoms with Crippen LogP contribution in [0.2, 0.25) is 0 Å². The van der Waals surface area contributed by atoms with Gasteiger partial charge in [-0.25, -0.2) is 4.98 Å². The predicted molar refractivity (Wildman–Crippen MR) is 63.2 cm³/mol. The molecule has 88 valence electrons. The van der Waals surface area contributed by atoms with E-state index in [4.69, 9.17) is 0 Å². The molecule has 0 radical (unpaired) electrons. The molecule has 4 nitrogen and oxygen atoms in total. The number of hydrogen-bond acceptors (Lipinski definition) is 3. The Morgan fingerprint density at radius 2 is 2.31 bits per heavy atom. The second kappa shape index (κ2) is 4.55. The van der Waals surface area contributed by atoms with E-state index >= 15 is 0 Å². The van der Waals surface area contributed by atoms with E-state index in [2.05, 4.69) is 20.2 Å². The van der Waals surface area contributed by atoms with Crippen LogP contribution in [0.25, 0.3) is 0 Å². The maximum absolute atomic E-state index is 4.03. The minimum atomic E-state index is 0.727. The number of rotatable bonds is 4. The van der Waals surface area contributed by atoms with Crippen LogP contribution in [0.1, 0.15) is 18.5 Å². The molecule has 0 aromatic carbocycles. The van der Waals surface area contributed by atoms with Gasteiger partial charge in [-0.15, -0.1) is 0 Å². The Morgan fingerprint density at radius 1 is 1.44 bits per heavy atom. The number of aromatic amines is 1. The Hall–Kier alpha value is -0.870. The molecule has 3 aliphatic heterocycles. The van der Waals surface area contributed by atoms with Gasteiger partial charge in [0.05, 0.1) is 6.33 Å². The Bertz CT molecular complexity index is 314. The first-order valence-electron chi connectivity index (χ1n) is 6.35. The molecule has 1 aromatic rings. The summed E-state index contributed by atoms with van der Waals surface area (Å²) in [5, 5.41) is 3.70. The standard InChI is InChI=1S/C12H20N4/c1(11-7-13-9-15-11)4-14-12-8-16-5-2-10(12)3-6-16/h7,9-10,12,14H,1-6,8H2,(H,13,15). The highest BCUT2D eigenvalue weighted by Crippen LogP contribution is 2.27. The average molecular weight is 220 g/mol. The highest BCUT2D eigenvalue weighted by atomic mass is 15.2. The molecule has 1 atom stereocenters. The van der Waals surface area contributed by atoms with Crippen LogP contribution < -0.4 is 5.32 Å². The van der Waals surface area contributed by atoms with E-state index in [-0.39, 0.29) is 0 Å². The number of hydrogen-bond donors (Lipinski definition) is 2. The van der Waals surface area contributed by atoms with E-state index in [1.807, 2.05) is 6.20 Å². The van der Waals surface area contributed by atoms with Gasteiger partial charge >= 0.3 is 0 Å². The first-order chi connectivity index (χ1) is 7.92. The molecule has 4 heteroatoms. The van der Waals surface area contributed by atoms with Crippen molar-refractivity contribution in [2.75, 3.05) is 26.2 Å². The van der Waals surface area contributed by atoms with Crippen molar-refractivity contribution in [2.45, 2.75) is 25.3 Å². The molecule has 4 rings (SSSR count). The fourth-order valence-corrected chi connectivity index (χ4v) is 3.01. The largest absolute Gasteiger partial charge is 0.348 e. The molecule has 0 spiro atoms. The van der Waals surface area contributed by atoms with Gasteiger partial charge in [0, 0.05) is 37.4 Å². The van der Waals surface area contributed by atoms with Crippen molar-refractivity contribution >= 4 is 0 Å². The fraction of sp³-hybridized carbons (Fsp3) is 0.750. The number of fused-ring (bicyclic) bond motifs is 3. The fourth-order valence-electron chi connectivity index (χ4n) is 3.01. The number of nitrogens with one attached hydrogen (secondary N) is 2. The maximum atomic E-state index is 4.03. The van der Waals surface area contributed by atoms with Crippen LogP contribution in [-0.4, -0.2) is 47.1 Å². The van der Waals surface area contributed by atoms with E-state index in [1.54, 1.807) is 6.33 Å². The third-order valence-corrected chi connectivity index (χ3v) is 4.01. The molecule has 2 bridgehead atoms. The summed E-state index contributed by atoms with van der Waals surface area (Å²) in [7, 11) is 0. The minimum absolute atomic E-state index is 0.727. The smallest absolute Gasteiger partial charge is 0.0921 e. The van der Waals surface area contributed by atoms with Crippen LogP contribution >= 0.6 is 0 Å². The van der Waals surface area contributed by atoms with E-state index in [9.17, 15) is 0 Å². The van der Waals surface area contributed by atoms with Crippen LogP contribution in [0, 0.1) is 5.92 Å². The molecule has 1 unspecified atom stereocenters. The average Bonchev–Trinajstić information content (AvgIpc) is 2.84. The van der Waals surface area contributed by atoms with Crippen molar-refractivity contribution in [1.29, 1.82) is 0 Å². The van der Waals surface area contributed by atoms with Crippen LogP contribution in [0.3, 0.4) is 0 Å². The molecule has 4 heterocycles. The van der Waals surface area contributed by atoms with Gasteiger partial charge in [0.25, 0.3) is 0 Å². The van der Waals surface area contributed by atoms with Crippen LogP contribution in [-0.2, 0) is 6.42 Å². The van der Waals surface area contributed by atoms with Crippen molar-refractivity contribution in [3.8, 4) is 0 Å². The summed E-state index contributed by atoms with van der Waals surface area (Å²) < 4.78 is 0. The summed E-state index contributed by atoms with van der Waals surface area (Å²) >= 11 is 0. The van der Waals surface area contributed by atoms with Gasteiger partial charge in [0.2, 0.25) is 0 Å². The summed E-state index contributed by atoms with van der Waals surface area (Å²) in [6, 6.07) is 0.727. The molecule has 0 saturated carbocycles. The third-order valence-electron chi connectivity index (χ3n) is 4.01. The molecule has 1 aromatic heterocycles. The van der Waals surface area contributed by atoms with E-state index in [0.29, 0.717) is 0 Å². The van der Waals surface area contributed by atoms with Gasteiger partial charge in [-0.05, 0) is 31.8 Å². The molecule has 16 heavy (non-hydrogen) atoms. The molecule has 3 saturated heterocycles. The highest BCUT2D eigenvalue weighted by Gasteiger charge is 2.33. The van der Waals surface area contributed by atoms with Crippen LogP contribution in [0.4, 0.5) is 0 Å². The quantitative estimate of drug-likeness (QED) is 0.782. The molecule has 0 amide bonds. The lowest BCUT2D eigenvalue weighted by Crippen LogP contribution is -2.56. The van der Waals surface area contributed by atoms with Gasteiger partial charge < -0.3 is 15.2 Å². The summed E-state index contributed by atoms with van der Waals surface area (Å²) in [5.41, 5.74) is 1.23. The summed E-state index contributed by atoms with van der Waals surface area (Å²) in [4.78, 5) is 9.77. The normalized spacial score (nSPS) is 33.1. The van der Waals surface area contributed by atoms with Crippen molar-refractivity contribution in [2.24, 2.45) is 5.92 Å². The Balaban J connectivity index is 1.45. The van der Waals surface area contributed by atoms with Gasteiger partial charge in [-0.3, -0.25) is 0 Å². The summed E-state index contributed by atoms with van der Waals surface area (Å²) in [6.45, 7) is 4.97. The lowest BCUT2D eigenvalue weighted by atomic mass is 9.84. The molecular formula is C12H20N4. The zero-order chi connectivity index (χ0) is 10.8. The first kappa shape index (κ1) is 10.3. The van der Waals surface area contributed by atoms with Crippen molar-refractivity contribution in [1.82, 2.24) is 20.2 Å². The monoisotopic (exact) mass is 220 g/mol. The van der Waals surface area contributed by atoms with E-state index in [0.717, 1.165) is 24.9 Å². The third kappa shape index (κ3) is 2.13. The van der Waals surface area contributed by atoms with E-state index < -0.39 is 0 Å². The molecule has 0 aliphatic carbocycles. The molecule has 3 fully saturated rings. The van der Waals surface area contributed by atoms with Crippen molar-refractivity contribution < 1.29 is 0 Å². The zero-order valence-corrected chi connectivity index (χ0v) is 9.65. The number of imidazole rings is 1. The second-order valence-corrected chi connectivity index (χ2v) is 5.03. The van der Waals surface area contributed by atoms with Crippen LogP contribution in [0.5, 0.6) is 0 Å². The number of nitrogens with zero attached hydrogens (tertiary/aromatic N) is 2. The maximum Gasteiger partial charge on any atom is 0.0921 e. The molecular weight excluding hydrogens is 200 g/mol. The lowest BCUT2D eigenvalue weighted by molar-refractivity contribution is 0.0731. The Morgan fingerprint density at radius 3 is 2.94 bits per heavy atom. The summed E-state index contributed by atoms with van der Waals surface area (Å²) in [5.74, 6) is 0.923.